The van der Waals surface area contributed by atoms with Crippen LogP contribution in [0.25, 0.3) is 0 Å². The topological polar surface area (TPSA) is 105 Å². The van der Waals surface area contributed by atoms with Crippen LogP contribution in [0.15, 0.2) is 60.7 Å². The molecule has 0 aromatic heterocycles. The molecule has 3 rings (SSSR count). The van der Waals surface area contributed by atoms with E-state index in [0.29, 0.717) is 32.5 Å². The van der Waals surface area contributed by atoms with Crippen molar-refractivity contribution in [2.45, 2.75) is 30.5 Å². The molecule has 6 nitrogen and oxygen atoms in total. The fourth-order valence-corrected chi connectivity index (χ4v) is 3.73. The minimum absolute atomic E-state index is 0.250. The number of hydrogen-bond acceptors (Lipinski definition) is 5. The van der Waals surface area contributed by atoms with Gasteiger partial charge in [-0.1, -0.05) is 60.7 Å². The maximum Gasteiger partial charge on any atom is 0.290 e. The van der Waals surface area contributed by atoms with E-state index in [4.69, 9.17) is 9.90 Å². The molecule has 1 fully saturated rings. The summed E-state index contributed by atoms with van der Waals surface area (Å²) in [5.41, 5.74) is 1.21. The zero-order chi connectivity index (χ0) is 20.4. The van der Waals surface area contributed by atoms with Crippen LogP contribution in [-0.4, -0.2) is 58.5 Å². The lowest BCUT2D eigenvalue weighted by Gasteiger charge is -2.36. The number of aliphatic hydroxyl groups is 2. The second-order valence-electron chi connectivity index (χ2n) is 6.91. The third-order valence-corrected chi connectivity index (χ3v) is 5.01. The SMILES string of the molecule is N#CC(CCN1C[C@H](O)C[C@@H](O)C1)(c1ccccc1)c1ccccc1.O=CO. The molecule has 0 unspecified atom stereocenters. The van der Waals surface area contributed by atoms with Crippen LogP contribution >= 0.6 is 0 Å². The minimum atomic E-state index is -0.740. The zero-order valence-corrected chi connectivity index (χ0v) is 15.7. The van der Waals surface area contributed by atoms with Crippen LogP contribution in [0, 0.1) is 11.3 Å². The van der Waals surface area contributed by atoms with Crippen LogP contribution in [0.4, 0.5) is 0 Å². The van der Waals surface area contributed by atoms with Crippen molar-refractivity contribution in [1.82, 2.24) is 4.90 Å². The third-order valence-electron chi connectivity index (χ3n) is 5.01. The summed E-state index contributed by atoms with van der Waals surface area (Å²) in [6.45, 7) is 1.48. The highest BCUT2D eigenvalue weighted by Gasteiger charge is 2.35. The lowest BCUT2D eigenvalue weighted by Crippen LogP contribution is -2.47. The van der Waals surface area contributed by atoms with Gasteiger partial charge in [0.15, 0.2) is 0 Å². The van der Waals surface area contributed by atoms with E-state index in [1.165, 1.54) is 0 Å². The molecule has 0 amide bonds. The number of nitrogens with zero attached hydrogens (tertiary/aromatic N) is 2. The Morgan fingerprint density at radius 1 is 1.00 bits per heavy atom. The van der Waals surface area contributed by atoms with E-state index < -0.39 is 17.6 Å². The van der Waals surface area contributed by atoms with Crippen LogP contribution in [0.5, 0.6) is 0 Å². The normalized spacial score (nSPS) is 19.8. The van der Waals surface area contributed by atoms with Crippen molar-refractivity contribution < 1.29 is 20.1 Å². The molecule has 1 aliphatic rings. The van der Waals surface area contributed by atoms with Gasteiger partial charge in [0.25, 0.3) is 6.47 Å². The Morgan fingerprint density at radius 3 is 1.82 bits per heavy atom. The second-order valence-corrected chi connectivity index (χ2v) is 6.91. The molecular formula is C22H26N2O4. The number of likely N-dealkylation sites (tertiary alicyclic amines) is 1. The Kier molecular flexibility index (Phi) is 8.15. The molecule has 6 heteroatoms. The lowest BCUT2D eigenvalue weighted by molar-refractivity contribution is -0.122. The average molecular weight is 382 g/mol. The van der Waals surface area contributed by atoms with Gasteiger partial charge in [0.2, 0.25) is 0 Å². The molecule has 1 aliphatic heterocycles. The average Bonchev–Trinajstić information content (AvgIpc) is 2.70. The smallest absolute Gasteiger partial charge is 0.290 e. The number of aliphatic hydroxyl groups excluding tert-OH is 2. The molecule has 0 spiro atoms. The molecule has 148 valence electrons. The number of nitriles is 1. The lowest BCUT2D eigenvalue weighted by atomic mass is 9.73. The maximum absolute atomic E-state index is 10.1. The van der Waals surface area contributed by atoms with Crippen molar-refractivity contribution in [3.05, 3.63) is 71.8 Å². The largest absolute Gasteiger partial charge is 0.483 e. The molecule has 2 aromatic rings. The Hall–Kier alpha value is -2.72. The van der Waals surface area contributed by atoms with Gasteiger partial charge in [-0.15, -0.1) is 0 Å². The number of piperidine rings is 1. The molecule has 3 N–H and O–H groups in total. The van der Waals surface area contributed by atoms with Crippen molar-refractivity contribution >= 4 is 6.47 Å². The van der Waals surface area contributed by atoms with E-state index in [9.17, 15) is 15.5 Å². The summed E-state index contributed by atoms with van der Waals surface area (Å²) in [6, 6.07) is 22.3. The molecule has 0 radical (unpaired) electrons. The Balaban J connectivity index is 0.000000878. The summed E-state index contributed by atoms with van der Waals surface area (Å²) in [7, 11) is 0. The van der Waals surface area contributed by atoms with E-state index in [-0.39, 0.29) is 6.47 Å². The van der Waals surface area contributed by atoms with Gasteiger partial charge in [-0.25, -0.2) is 0 Å². The Labute approximate surface area is 165 Å². The van der Waals surface area contributed by atoms with Crippen molar-refractivity contribution in [2.24, 2.45) is 0 Å². The quantitative estimate of drug-likeness (QED) is 0.684. The minimum Gasteiger partial charge on any atom is -0.483 e. The first kappa shape index (κ1) is 21.6. The van der Waals surface area contributed by atoms with Gasteiger partial charge in [0, 0.05) is 26.1 Å². The van der Waals surface area contributed by atoms with E-state index in [1.54, 1.807) is 0 Å². The number of β-amino-alcohol motifs (C(OH)–C–C–N with tert-alkyl or cyclic N) is 2. The van der Waals surface area contributed by atoms with Crippen LogP contribution in [0.1, 0.15) is 24.0 Å². The fourth-order valence-electron chi connectivity index (χ4n) is 3.73. The number of rotatable bonds is 5. The third kappa shape index (κ3) is 5.40. The maximum atomic E-state index is 10.1. The highest BCUT2D eigenvalue weighted by Crippen LogP contribution is 2.35. The van der Waals surface area contributed by atoms with Crippen LogP contribution < -0.4 is 0 Å². The molecule has 1 heterocycles. The molecule has 2 aromatic carbocycles. The van der Waals surface area contributed by atoms with Crippen molar-refractivity contribution in [3.8, 4) is 6.07 Å². The van der Waals surface area contributed by atoms with Gasteiger partial charge in [-0.3, -0.25) is 9.69 Å². The summed E-state index contributed by atoms with van der Waals surface area (Å²) in [6.07, 6.45) is 0.0243. The fraction of sp³-hybridized carbons (Fsp3) is 0.364. The first-order chi connectivity index (χ1) is 13.6. The van der Waals surface area contributed by atoms with Crippen LogP contribution in [0.2, 0.25) is 0 Å². The van der Waals surface area contributed by atoms with E-state index in [2.05, 4.69) is 11.0 Å². The molecule has 0 bridgehead atoms. The summed E-state index contributed by atoms with van der Waals surface area (Å²) in [5, 5.41) is 36.8. The second kappa shape index (κ2) is 10.6. The predicted octanol–water partition coefficient (Wildman–Crippen LogP) is 2.01. The Bertz CT molecular complexity index is 712. The molecule has 28 heavy (non-hydrogen) atoms. The zero-order valence-electron chi connectivity index (χ0n) is 15.7. The summed E-state index contributed by atoms with van der Waals surface area (Å²) in [4.78, 5) is 10.4. The molecule has 1 saturated heterocycles. The predicted molar refractivity (Wildman–Crippen MR) is 106 cm³/mol. The van der Waals surface area contributed by atoms with Gasteiger partial charge in [0.05, 0.1) is 18.3 Å². The first-order valence-corrected chi connectivity index (χ1v) is 9.24. The van der Waals surface area contributed by atoms with Gasteiger partial charge in [0.1, 0.15) is 5.41 Å². The van der Waals surface area contributed by atoms with Gasteiger partial charge in [-0.2, -0.15) is 5.26 Å². The summed E-state index contributed by atoms with van der Waals surface area (Å²) >= 11 is 0. The highest BCUT2D eigenvalue weighted by molar-refractivity contribution is 5.45. The number of benzene rings is 2. The summed E-state index contributed by atoms with van der Waals surface area (Å²) < 4.78 is 0. The number of carboxylic acid groups (broad SMARTS) is 1. The van der Waals surface area contributed by atoms with Gasteiger partial charge < -0.3 is 15.3 Å². The number of carbonyl (C=O) groups is 1. The monoisotopic (exact) mass is 382 g/mol. The van der Waals surface area contributed by atoms with Crippen LogP contribution in [0.3, 0.4) is 0 Å². The standard InChI is InChI=1S/C21H24N2O2.CH2O2/c22-16-21(17-7-3-1-4-8-17,18-9-5-2-6-10-18)11-12-23-14-19(24)13-20(25)15-23;2-1-3/h1-10,19-20,24-25H,11-15H2;1H,(H,2,3)/t19-,20-;/m1./s1. The van der Waals surface area contributed by atoms with Crippen LogP contribution in [-0.2, 0) is 10.2 Å². The van der Waals surface area contributed by atoms with E-state index >= 15 is 0 Å². The van der Waals surface area contributed by atoms with Crippen molar-refractivity contribution in [1.29, 1.82) is 5.26 Å². The van der Waals surface area contributed by atoms with Gasteiger partial charge in [-0.05, 0) is 17.5 Å². The summed E-state index contributed by atoms with van der Waals surface area (Å²) in [5.74, 6) is 0. The van der Waals surface area contributed by atoms with Gasteiger partial charge >= 0.3 is 0 Å². The Morgan fingerprint density at radius 2 is 1.43 bits per heavy atom. The molecule has 0 aliphatic carbocycles. The van der Waals surface area contributed by atoms with E-state index in [1.807, 2.05) is 60.7 Å². The molecular weight excluding hydrogens is 356 g/mol. The highest BCUT2D eigenvalue weighted by atomic mass is 16.3. The van der Waals surface area contributed by atoms with Crippen molar-refractivity contribution in [2.75, 3.05) is 19.6 Å². The first-order valence-electron chi connectivity index (χ1n) is 9.24. The van der Waals surface area contributed by atoms with E-state index in [0.717, 1.165) is 11.1 Å². The van der Waals surface area contributed by atoms with Crippen molar-refractivity contribution in [3.63, 3.8) is 0 Å². The number of hydrogen-bond donors (Lipinski definition) is 3. The molecule has 0 saturated carbocycles. The molecule has 2 atom stereocenters.